The Hall–Kier alpha value is -1.43. The summed E-state index contributed by atoms with van der Waals surface area (Å²) in [6.07, 6.45) is -5.74. The van der Waals surface area contributed by atoms with E-state index in [-0.39, 0.29) is 13.0 Å². The van der Waals surface area contributed by atoms with Crippen LogP contribution in [0.15, 0.2) is 24.3 Å². The van der Waals surface area contributed by atoms with E-state index in [1.54, 1.807) is 9.34 Å². The number of morpholine rings is 2. The summed E-state index contributed by atoms with van der Waals surface area (Å²) >= 11 is 0. The first-order chi connectivity index (χ1) is 15.1. The van der Waals surface area contributed by atoms with E-state index in [9.17, 15) is 31.3 Å². The van der Waals surface area contributed by atoms with E-state index < -0.39 is 31.1 Å². The lowest BCUT2D eigenvalue weighted by molar-refractivity contribution is -0.255. The minimum atomic E-state index is -5.96. The molecule has 0 atom stereocenters. The van der Waals surface area contributed by atoms with E-state index in [4.69, 9.17) is 14.0 Å². The molecule has 2 saturated heterocycles. The van der Waals surface area contributed by atoms with Crippen molar-refractivity contribution in [1.82, 2.24) is 9.34 Å². The Balaban J connectivity index is 1.63. The molecule has 0 spiro atoms. The summed E-state index contributed by atoms with van der Waals surface area (Å²) in [5.74, 6) is -7.77. The highest BCUT2D eigenvalue weighted by molar-refractivity contribution is 7.54. The average Bonchev–Trinajstić information content (AvgIpc) is 2.79. The van der Waals surface area contributed by atoms with Gasteiger partial charge in [-0.3, -0.25) is 9.36 Å². The second kappa shape index (κ2) is 10.2. The van der Waals surface area contributed by atoms with Gasteiger partial charge in [-0.15, -0.1) is 0 Å². The molecule has 2 aliphatic rings. The largest absolute Gasteiger partial charge is 0.461 e. The number of ether oxygens (including phenoxy) is 2. The van der Waals surface area contributed by atoms with Crippen molar-refractivity contribution in [1.29, 1.82) is 0 Å². The van der Waals surface area contributed by atoms with Gasteiger partial charge in [0.05, 0.1) is 33.0 Å². The molecule has 2 aliphatic heterocycles. The second-order valence-electron chi connectivity index (χ2n) is 7.30. The maximum atomic E-state index is 13.7. The molecular formula is C19H24F5N2O5P. The van der Waals surface area contributed by atoms with Crippen molar-refractivity contribution in [3.8, 4) is 0 Å². The van der Waals surface area contributed by atoms with Gasteiger partial charge in [-0.2, -0.15) is 22.0 Å². The highest BCUT2D eigenvalue weighted by Gasteiger charge is 2.63. The summed E-state index contributed by atoms with van der Waals surface area (Å²) < 4.78 is 97.4. The fraction of sp³-hybridized carbons (Fsp3) is 0.632. The molecule has 2 heterocycles. The molecule has 0 bridgehead atoms. The molecule has 0 unspecified atom stereocenters. The fourth-order valence-electron chi connectivity index (χ4n) is 3.37. The minimum absolute atomic E-state index is 0.0258. The molecule has 180 valence electrons. The maximum absolute atomic E-state index is 13.7. The van der Waals surface area contributed by atoms with Crippen LogP contribution in [0.1, 0.15) is 15.9 Å². The van der Waals surface area contributed by atoms with Gasteiger partial charge < -0.3 is 14.0 Å². The van der Waals surface area contributed by atoms with Crippen LogP contribution in [0.4, 0.5) is 22.0 Å². The average molecular weight is 486 g/mol. The van der Waals surface area contributed by atoms with Gasteiger partial charge in [0.15, 0.2) is 0 Å². The first kappa shape index (κ1) is 25.2. The molecule has 0 aromatic heterocycles. The first-order valence-electron chi connectivity index (χ1n) is 10.0. The zero-order valence-electron chi connectivity index (χ0n) is 17.2. The van der Waals surface area contributed by atoms with E-state index in [2.05, 4.69) is 0 Å². The van der Waals surface area contributed by atoms with Gasteiger partial charge >= 0.3 is 19.8 Å². The molecule has 0 N–H and O–H groups in total. The summed E-state index contributed by atoms with van der Waals surface area (Å²) in [6, 6.07) is 4.39. The van der Waals surface area contributed by atoms with Gasteiger partial charge in [0, 0.05) is 31.7 Å². The number of rotatable bonds is 8. The third kappa shape index (κ3) is 5.55. The minimum Gasteiger partial charge on any atom is -0.379 e. The highest BCUT2D eigenvalue weighted by atomic mass is 31.2. The maximum Gasteiger partial charge on any atom is 0.461 e. The van der Waals surface area contributed by atoms with Crippen molar-refractivity contribution >= 4 is 13.5 Å². The number of hydrogen-bond acceptors (Lipinski definition) is 5. The molecule has 0 aliphatic carbocycles. The van der Waals surface area contributed by atoms with Gasteiger partial charge in [-0.05, 0) is 12.0 Å². The van der Waals surface area contributed by atoms with Crippen LogP contribution in [-0.2, 0) is 25.0 Å². The highest BCUT2D eigenvalue weighted by Crippen LogP contribution is 2.54. The number of nitrogens with zero attached hydrogens (tertiary/aromatic N) is 2. The number of alkyl halides is 5. The third-order valence-corrected chi connectivity index (χ3v) is 7.95. The molecule has 0 radical (unpaired) electrons. The van der Waals surface area contributed by atoms with Gasteiger partial charge in [0.1, 0.15) is 0 Å². The van der Waals surface area contributed by atoms with Gasteiger partial charge in [0.2, 0.25) is 5.78 Å². The van der Waals surface area contributed by atoms with E-state index in [0.717, 1.165) is 12.1 Å². The summed E-state index contributed by atoms with van der Waals surface area (Å²) in [5.41, 5.74) is -0.211. The number of ketones is 1. The molecule has 0 amide bonds. The number of benzene rings is 1. The van der Waals surface area contributed by atoms with Gasteiger partial charge in [0.25, 0.3) is 0 Å². The Morgan fingerprint density at radius 1 is 0.906 bits per heavy atom. The van der Waals surface area contributed by atoms with E-state index in [1.165, 1.54) is 12.1 Å². The van der Waals surface area contributed by atoms with Crippen molar-refractivity contribution < 1.29 is 45.3 Å². The molecule has 32 heavy (non-hydrogen) atoms. The summed E-state index contributed by atoms with van der Waals surface area (Å²) in [5, 5.41) is 0. The second-order valence-corrected chi connectivity index (χ2v) is 9.67. The number of Topliss-reactive ketones (excluding diaryl/α,β-unsaturated/α-hetero) is 1. The van der Waals surface area contributed by atoms with Crippen molar-refractivity contribution in [2.45, 2.75) is 18.5 Å². The predicted octanol–water partition coefficient (Wildman–Crippen LogP) is 3.40. The zero-order valence-corrected chi connectivity index (χ0v) is 18.0. The molecule has 1 aromatic carbocycles. The molecular weight excluding hydrogens is 462 g/mol. The Kier molecular flexibility index (Phi) is 8.06. The van der Waals surface area contributed by atoms with E-state index in [1.807, 2.05) is 0 Å². The monoisotopic (exact) mass is 486 g/mol. The molecule has 2 fully saturated rings. The van der Waals surface area contributed by atoms with E-state index >= 15 is 0 Å². The Morgan fingerprint density at radius 2 is 1.38 bits per heavy atom. The quantitative estimate of drug-likeness (QED) is 0.317. The Labute approximate surface area is 182 Å². The van der Waals surface area contributed by atoms with Crippen LogP contribution >= 0.6 is 7.67 Å². The van der Waals surface area contributed by atoms with Crippen LogP contribution in [0.2, 0.25) is 0 Å². The lowest BCUT2D eigenvalue weighted by Gasteiger charge is -2.41. The smallest absolute Gasteiger partial charge is 0.379 e. The van der Waals surface area contributed by atoms with Gasteiger partial charge in [-0.1, -0.05) is 24.3 Å². The Morgan fingerprint density at radius 3 is 1.81 bits per heavy atom. The number of halogens is 5. The standard InChI is InChI=1S/C19H24F5N2O5P/c20-18(21,19(22,23)24)17(27)16-3-1-15(2-4-16)5-10-31-32(28,25-6-11-29-12-7-25)26-8-13-30-14-9-26/h1-4H,5-14H2. The van der Waals surface area contributed by atoms with Crippen molar-refractivity contribution in [3.63, 3.8) is 0 Å². The third-order valence-electron chi connectivity index (χ3n) is 5.20. The topological polar surface area (TPSA) is 68.3 Å². The normalized spacial score (nSPS) is 19.8. The lowest BCUT2D eigenvalue weighted by Crippen LogP contribution is -2.44. The molecule has 13 heteroatoms. The Bertz CT molecular complexity index is 802. The number of carbonyl (C=O) groups is 1. The van der Waals surface area contributed by atoms with Crippen LogP contribution in [0, 0.1) is 0 Å². The number of hydrogen-bond donors (Lipinski definition) is 0. The van der Waals surface area contributed by atoms with Crippen LogP contribution in [0.25, 0.3) is 0 Å². The predicted molar refractivity (Wildman–Crippen MR) is 104 cm³/mol. The SMILES string of the molecule is O=C(c1ccc(CCOP(=O)(N2CCOCC2)N2CCOCC2)cc1)C(F)(F)C(F)(F)F. The summed E-state index contributed by atoms with van der Waals surface area (Å²) in [6.45, 7) is 3.50. The molecule has 3 rings (SSSR count). The van der Waals surface area contributed by atoms with Crippen LogP contribution in [-0.4, -0.2) is 86.4 Å². The van der Waals surface area contributed by atoms with Crippen LogP contribution in [0.3, 0.4) is 0 Å². The van der Waals surface area contributed by atoms with Crippen LogP contribution in [0.5, 0.6) is 0 Å². The lowest BCUT2D eigenvalue weighted by atomic mass is 10.0. The summed E-state index contributed by atoms with van der Waals surface area (Å²) in [4.78, 5) is 11.6. The molecule has 1 aromatic rings. The van der Waals surface area contributed by atoms with Crippen molar-refractivity contribution in [3.05, 3.63) is 35.4 Å². The zero-order chi connectivity index (χ0) is 23.4. The number of carbonyl (C=O) groups excluding carboxylic acids is 1. The van der Waals surface area contributed by atoms with Crippen LogP contribution < -0.4 is 0 Å². The van der Waals surface area contributed by atoms with E-state index in [0.29, 0.717) is 58.2 Å². The molecule has 0 saturated carbocycles. The van der Waals surface area contributed by atoms with Crippen molar-refractivity contribution in [2.75, 3.05) is 59.2 Å². The fourth-order valence-corrected chi connectivity index (χ4v) is 5.72. The van der Waals surface area contributed by atoms with Crippen molar-refractivity contribution in [2.24, 2.45) is 0 Å². The summed E-state index contributed by atoms with van der Waals surface area (Å²) in [7, 11) is -3.34. The van der Waals surface area contributed by atoms with Gasteiger partial charge in [-0.25, -0.2) is 9.34 Å². The first-order valence-corrected chi connectivity index (χ1v) is 11.6. The molecule has 7 nitrogen and oxygen atoms in total.